The standard InChI is InChI=1S/C21H19ClN4O/c1-24-19-5-3-2-4-17(19)18(14-23)20(24)21(27)26-12-10-25(11-13-26)16-8-6-15(22)7-9-16/h2-9H,10-13H2,1H3. The van der Waals surface area contributed by atoms with E-state index in [-0.39, 0.29) is 5.91 Å². The van der Waals surface area contributed by atoms with Crippen LogP contribution in [0.5, 0.6) is 0 Å². The number of aromatic nitrogens is 1. The number of carbonyl (C=O) groups is 1. The third-order valence-corrected chi connectivity index (χ3v) is 5.43. The summed E-state index contributed by atoms with van der Waals surface area (Å²) >= 11 is 5.96. The van der Waals surface area contributed by atoms with Crippen LogP contribution in [-0.2, 0) is 7.05 Å². The van der Waals surface area contributed by atoms with E-state index < -0.39 is 0 Å². The molecule has 27 heavy (non-hydrogen) atoms. The van der Waals surface area contributed by atoms with E-state index >= 15 is 0 Å². The molecular formula is C21H19ClN4O. The molecular weight excluding hydrogens is 360 g/mol. The van der Waals surface area contributed by atoms with Crippen LogP contribution in [0.15, 0.2) is 48.5 Å². The number of rotatable bonds is 2. The monoisotopic (exact) mass is 378 g/mol. The molecule has 0 atom stereocenters. The first-order valence-electron chi connectivity index (χ1n) is 8.87. The highest BCUT2D eigenvalue weighted by Crippen LogP contribution is 2.26. The van der Waals surface area contributed by atoms with Gasteiger partial charge in [0.15, 0.2) is 0 Å². The van der Waals surface area contributed by atoms with Gasteiger partial charge in [0.2, 0.25) is 0 Å². The number of para-hydroxylation sites is 1. The second-order valence-corrected chi connectivity index (χ2v) is 7.10. The van der Waals surface area contributed by atoms with Crippen molar-refractivity contribution < 1.29 is 4.79 Å². The number of carbonyl (C=O) groups excluding carboxylic acids is 1. The number of hydrogen-bond acceptors (Lipinski definition) is 3. The molecule has 2 aromatic carbocycles. The minimum atomic E-state index is -0.0824. The molecule has 1 aliphatic heterocycles. The van der Waals surface area contributed by atoms with E-state index in [0.29, 0.717) is 29.4 Å². The zero-order valence-corrected chi connectivity index (χ0v) is 15.8. The molecule has 0 unspecified atom stereocenters. The lowest BCUT2D eigenvalue weighted by Gasteiger charge is -2.36. The highest BCUT2D eigenvalue weighted by Gasteiger charge is 2.28. The van der Waals surface area contributed by atoms with Gasteiger partial charge in [0.1, 0.15) is 11.8 Å². The summed E-state index contributed by atoms with van der Waals surface area (Å²) in [6.45, 7) is 2.74. The van der Waals surface area contributed by atoms with Gasteiger partial charge in [-0.2, -0.15) is 5.26 Å². The molecule has 3 aromatic rings. The van der Waals surface area contributed by atoms with E-state index in [1.54, 1.807) is 0 Å². The van der Waals surface area contributed by atoms with Crippen molar-refractivity contribution in [3.63, 3.8) is 0 Å². The average Bonchev–Trinajstić information content (AvgIpc) is 3.00. The van der Waals surface area contributed by atoms with E-state index in [4.69, 9.17) is 11.6 Å². The van der Waals surface area contributed by atoms with Gasteiger partial charge in [-0.1, -0.05) is 29.8 Å². The molecule has 6 heteroatoms. The van der Waals surface area contributed by atoms with Crippen LogP contribution in [0.2, 0.25) is 5.02 Å². The van der Waals surface area contributed by atoms with Crippen LogP contribution >= 0.6 is 11.6 Å². The number of aryl methyl sites for hydroxylation is 1. The first kappa shape index (κ1) is 17.4. The predicted molar refractivity (Wildman–Crippen MR) is 107 cm³/mol. The SMILES string of the molecule is Cn1c(C(=O)N2CCN(c3ccc(Cl)cc3)CC2)c(C#N)c2ccccc21. The second-order valence-electron chi connectivity index (χ2n) is 6.67. The Labute approximate surface area is 163 Å². The van der Waals surface area contributed by atoms with E-state index in [1.807, 2.05) is 65.0 Å². The Morgan fingerprint density at radius 2 is 1.70 bits per heavy atom. The van der Waals surface area contributed by atoms with Crippen molar-refractivity contribution in [2.45, 2.75) is 0 Å². The number of benzene rings is 2. The number of halogens is 1. The summed E-state index contributed by atoms with van der Waals surface area (Å²) in [5.41, 5.74) is 2.93. The number of piperazine rings is 1. The lowest BCUT2D eigenvalue weighted by atomic mass is 10.1. The molecule has 0 spiro atoms. The van der Waals surface area contributed by atoms with E-state index in [0.717, 1.165) is 29.7 Å². The maximum atomic E-state index is 13.2. The molecule has 2 heterocycles. The summed E-state index contributed by atoms with van der Waals surface area (Å²) in [7, 11) is 1.85. The number of fused-ring (bicyclic) bond motifs is 1. The van der Waals surface area contributed by atoms with Crippen molar-refractivity contribution in [1.82, 2.24) is 9.47 Å². The third-order valence-electron chi connectivity index (χ3n) is 5.18. The highest BCUT2D eigenvalue weighted by molar-refractivity contribution is 6.30. The number of nitriles is 1. The molecule has 0 aliphatic carbocycles. The lowest BCUT2D eigenvalue weighted by Crippen LogP contribution is -2.49. The summed E-state index contributed by atoms with van der Waals surface area (Å²) in [6, 6.07) is 17.6. The zero-order valence-electron chi connectivity index (χ0n) is 15.0. The molecule has 1 fully saturated rings. The Hall–Kier alpha value is -2.97. The van der Waals surface area contributed by atoms with Crippen molar-refractivity contribution in [2.24, 2.45) is 7.05 Å². The van der Waals surface area contributed by atoms with Crippen LogP contribution in [-0.4, -0.2) is 41.6 Å². The molecule has 1 aliphatic rings. The molecule has 1 amide bonds. The summed E-state index contributed by atoms with van der Waals surface area (Å²) < 4.78 is 1.84. The summed E-state index contributed by atoms with van der Waals surface area (Å²) in [6.07, 6.45) is 0. The lowest BCUT2D eigenvalue weighted by molar-refractivity contribution is 0.0737. The summed E-state index contributed by atoms with van der Waals surface area (Å²) in [5.74, 6) is -0.0824. The fourth-order valence-electron chi connectivity index (χ4n) is 3.73. The van der Waals surface area contributed by atoms with Gasteiger partial charge in [-0.05, 0) is 30.3 Å². The van der Waals surface area contributed by atoms with Crippen molar-refractivity contribution in [3.05, 3.63) is 64.8 Å². The zero-order chi connectivity index (χ0) is 19.0. The molecule has 0 N–H and O–H groups in total. The van der Waals surface area contributed by atoms with Gasteiger partial charge in [0.05, 0.1) is 5.56 Å². The molecule has 1 saturated heterocycles. The van der Waals surface area contributed by atoms with Gasteiger partial charge in [0, 0.05) is 54.8 Å². The smallest absolute Gasteiger partial charge is 0.272 e. The summed E-state index contributed by atoms with van der Waals surface area (Å²) in [4.78, 5) is 17.3. The minimum absolute atomic E-state index is 0.0824. The Morgan fingerprint density at radius 1 is 1.04 bits per heavy atom. The second kappa shape index (κ2) is 6.98. The molecule has 136 valence electrons. The number of amides is 1. The van der Waals surface area contributed by atoms with Gasteiger partial charge in [-0.3, -0.25) is 4.79 Å². The van der Waals surface area contributed by atoms with Gasteiger partial charge >= 0.3 is 0 Å². The summed E-state index contributed by atoms with van der Waals surface area (Å²) in [5, 5.41) is 11.2. The Bertz CT molecular complexity index is 1040. The fraction of sp³-hybridized carbons (Fsp3) is 0.238. The fourth-order valence-corrected chi connectivity index (χ4v) is 3.85. The molecule has 0 radical (unpaired) electrons. The number of nitrogens with zero attached hydrogens (tertiary/aromatic N) is 4. The largest absolute Gasteiger partial charge is 0.368 e. The van der Waals surface area contributed by atoms with Crippen molar-refractivity contribution in [3.8, 4) is 6.07 Å². The maximum absolute atomic E-state index is 13.2. The Morgan fingerprint density at radius 3 is 2.37 bits per heavy atom. The molecule has 0 saturated carbocycles. The Balaban J connectivity index is 1.57. The predicted octanol–water partition coefficient (Wildman–Crippen LogP) is 3.67. The van der Waals surface area contributed by atoms with Crippen molar-refractivity contribution >= 4 is 34.1 Å². The van der Waals surface area contributed by atoms with E-state index in [1.165, 1.54) is 0 Å². The highest BCUT2D eigenvalue weighted by atomic mass is 35.5. The van der Waals surface area contributed by atoms with Gasteiger partial charge in [-0.15, -0.1) is 0 Å². The molecule has 4 rings (SSSR count). The van der Waals surface area contributed by atoms with Crippen LogP contribution < -0.4 is 4.90 Å². The number of hydrogen-bond donors (Lipinski definition) is 0. The molecule has 0 bridgehead atoms. The van der Waals surface area contributed by atoms with Crippen molar-refractivity contribution in [2.75, 3.05) is 31.1 Å². The molecule has 5 nitrogen and oxygen atoms in total. The third kappa shape index (κ3) is 3.02. The van der Waals surface area contributed by atoms with E-state index in [9.17, 15) is 10.1 Å². The van der Waals surface area contributed by atoms with Crippen LogP contribution in [0.1, 0.15) is 16.1 Å². The average molecular weight is 379 g/mol. The first-order chi connectivity index (χ1) is 13.1. The van der Waals surface area contributed by atoms with Crippen LogP contribution in [0, 0.1) is 11.3 Å². The topological polar surface area (TPSA) is 52.3 Å². The quantitative estimate of drug-likeness (QED) is 0.683. The normalized spacial score (nSPS) is 14.4. The number of anilines is 1. The van der Waals surface area contributed by atoms with Gasteiger partial charge in [-0.25, -0.2) is 0 Å². The van der Waals surface area contributed by atoms with Crippen molar-refractivity contribution in [1.29, 1.82) is 5.26 Å². The van der Waals surface area contributed by atoms with Crippen LogP contribution in [0.3, 0.4) is 0 Å². The maximum Gasteiger partial charge on any atom is 0.272 e. The first-order valence-corrected chi connectivity index (χ1v) is 9.25. The minimum Gasteiger partial charge on any atom is -0.368 e. The van der Waals surface area contributed by atoms with Crippen LogP contribution in [0.25, 0.3) is 10.9 Å². The van der Waals surface area contributed by atoms with Crippen LogP contribution in [0.4, 0.5) is 5.69 Å². The molecule has 1 aromatic heterocycles. The van der Waals surface area contributed by atoms with E-state index in [2.05, 4.69) is 11.0 Å². The Kier molecular flexibility index (Phi) is 4.51. The van der Waals surface area contributed by atoms with Gasteiger partial charge in [0.25, 0.3) is 5.91 Å². The van der Waals surface area contributed by atoms with Gasteiger partial charge < -0.3 is 14.4 Å².